The predicted molar refractivity (Wildman–Crippen MR) is 91.6 cm³/mol. The second-order valence-corrected chi connectivity index (χ2v) is 5.51. The van der Waals surface area contributed by atoms with Gasteiger partial charge in [0, 0.05) is 11.6 Å². The van der Waals surface area contributed by atoms with Gasteiger partial charge >= 0.3 is 5.97 Å². The van der Waals surface area contributed by atoms with Gasteiger partial charge in [-0.1, -0.05) is 24.3 Å². The van der Waals surface area contributed by atoms with Gasteiger partial charge < -0.3 is 10.1 Å². The maximum absolute atomic E-state index is 13.6. The number of halogens is 2. The number of carbonyl (C=O) groups is 2. The van der Waals surface area contributed by atoms with E-state index in [1.807, 2.05) is 0 Å². The van der Waals surface area contributed by atoms with Crippen molar-refractivity contribution in [1.29, 1.82) is 0 Å². The summed E-state index contributed by atoms with van der Waals surface area (Å²) in [6, 6.07) is 11.7. The zero-order chi connectivity index (χ0) is 18.7. The highest BCUT2D eigenvalue weighted by Crippen LogP contribution is 2.20. The molecule has 26 heavy (non-hydrogen) atoms. The zero-order valence-corrected chi connectivity index (χ0v) is 13.7. The Morgan fingerprint density at radius 3 is 2.42 bits per heavy atom. The molecular formula is C19H14F2N2O3. The van der Waals surface area contributed by atoms with E-state index in [-0.39, 0.29) is 5.56 Å². The van der Waals surface area contributed by atoms with Crippen LogP contribution in [0.4, 0.5) is 14.5 Å². The maximum Gasteiger partial charge on any atom is 0.341 e. The first-order chi connectivity index (χ1) is 12.5. The van der Waals surface area contributed by atoms with Gasteiger partial charge in [0.2, 0.25) is 0 Å². The minimum atomic E-state index is -1.26. The number of nitrogens with one attached hydrogen (secondary N) is 1. The molecule has 0 aliphatic carbocycles. The van der Waals surface area contributed by atoms with Crippen LogP contribution in [0.1, 0.15) is 17.3 Å². The first kappa shape index (κ1) is 17.5. The van der Waals surface area contributed by atoms with Crippen molar-refractivity contribution in [2.24, 2.45) is 0 Å². The molecule has 0 spiro atoms. The highest BCUT2D eigenvalue weighted by atomic mass is 19.1. The number of esters is 1. The van der Waals surface area contributed by atoms with Gasteiger partial charge in [-0.2, -0.15) is 0 Å². The SMILES string of the molecule is C[C@@H](OC(=O)c1cccc2cccnc12)C(=O)Nc1c(F)cccc1F. The molecule has 1 N–H and O–H groups in total. The van der Waals surface area contributed by atoms with Crippen LogP contribution in [0, 0.1) is 11.6 Å². The van der Waals surface area contributed by atoms with E-state index in [4.69, 9.17) is 4.74 Å². The molecule has 3 rings (SSSR count). The number of carbonyl (C=O) groups excluding carboxylic acids is 2. The Morgan fingerprint density at radius 1 is 1.04 bits per heavy atom. The van der Waals surface area contributed by atoms with E-state index in [1.54, 1.807) is 24.3 Å². The molecule has 1 atom stereocenters. The van der Waals surface area contributed by atoms with Crippen LogP contribution < -0.4 is 5.32 Å². The van der Waals surface area contributed by atoms with E-state index in [2.05, 4.69) is 10.3 Å². The first-order valence-electron chi connectivity index (χ1n) is 7.77. The molecule has 1 aromatic heterocycles. The van der Waals surface area contributed by atoms with Crippen LogP contribution in [0.3, 0.4) is 0 Å². The average molecular weight is 356 g/mol. The van der Waals surface area contributed by atoms with Gasteiger partial charge in [0.1, 0.15) is 17.3 Å². The van der Waals surface area contributed by atoms with Crippen LogP contribution in [0.2, 0.25) is 0 Å². The number of rotatable bonds is 4. The smallest absolute Gasteiger partial charge is 0.341 e. The van der Waals surface area contributed by atoms with Crippen molar-refractivity contribution >= 4 is 28.5 Å². The van der Waals surface area contributed by atoms with Gasteiger partial charge in [0.05, 0.1) is 11.1 Å². The van der Waals surface area contributed by atoms with Crippen molar-refractivity contribution in [3.63, 3.8) is 0 Å². The summed E-state index contributed by atoms with van der Waals surface area (Å²) >= 11 is 0. The summed E-state index contributed by atoms with van der Waals surface area (Å²) in [5.41, 5.74) is 0.0415. The molecule has 0 aliphatic rings. The Bertz CT molecular complexity index is 966. The molecule has 1 amide bonds. The van der Waals surface area contributed by atoms with Crippen LogP contribution in [0.15, 0.2) is 54.7 Å². The summed E-state index contributed by atoms with van der Waals surface area (Å²) in [6.07, 6.45) is 0.274. The average Bonchev–Trinajstić information content (AvgIpc) is 2.64. The Balaban J connectivity index is 1.75. The van der Waals surface area contributed by atoms with Crippen molar-refractivity contribution in [2.45, 2.75) is 13.0 Å². The van der Waals surface area contributed by atoms with Gasteiger partial charge in [-0.3, -0.25) is 9.78 Å². The molecule has 0 saturated carbocycles. The van der Waals surface area contributed by atoms with Gasteiger partial charge in [-0.25, -0.2) is 13.6 Å². The van der Waals surface area contributed by atoms with E-state index in [9.17, 15) is 18.4 Å². The number of fused-ring (bicyclic) bond motifs is 1. The maximum atomic E-state index is 13.6. The van der Waals surface area contributed by atoms with Crippen molar-refractivity contribution in [3.05, 3.63) is 71.9 Å². The van der Waals surface area contributed by atoms with Crippen molar-refractivity contribution < 1.29 is 23.1 Å². The highest BCUT2D eigenvalue weighted by molar-refractivity contribution is 6.04. The fourth-order valence-corrected chi connectivity index (χ4v) is 2.39. The fraction of sp³-hybridized carbons (Fsp3) is 0.105. The number of nitrogens with zero attached hydrogens (tertiary/aromatic N) is 1. The number of hydrogen-bond donors (Lipinski definition) is 1. The Kier molecular flexibility index (Phi) is 4.88. The number of ether oxygens (including phenoxy) is 1. The Morgan fingerprint density at radius 2 is 1.69 bits per heavy atom. The molecule has 2 aromatic carbocycles. The second kappa shape index (κ2) is 7.26. The lowest BCUT2D eigenvalue weighted by molar-refractivity contribution is -0.123. The third-order valence-corrected chi connectivity index (χ3v) is 3.72. The summed E-state index contributed by atoms with van der Waals surface area (Å²) in [4.78, 5) is 28.6. The van der Waals surface area contributed by atoms with E-state index >= 15 is 0 Å². The minimum absolute atomic E-state index is 0.194. The number of amides is 1. The lowest BCUT2D eigenvalue weighted by atomic mass is 10.1. The Labute approximate surface area is 147 Å². The molecule has 0 fully saturated rings. The molecule has 0 saturated heterocycles. The van der Waals surface area contributed by atoms with Crippen LogP contribution in [-0.4, -0.2) is 23.0 Å². The van der Waals surface area contributed by atoms with E-state index in [1.165, 1.54) is 25.3 Å². The van der Waals surface area contributed by atoms with Crippen molar-refractivity contribution in [1.82, 2.24) is 4.98 Å². The number of para-hydroxylation sites is 2. The summed E-state index contributed by atoms with van der Waals surface area (Å²) in [6.45, 7) is 1.31. The topological polar surface area (TPSA) is 68.3 Å². The Hall–Kier alpha value is -3.35. The van der Waals surface area contributed by atoms with Crippen molar-refractivity contribution in [2.75, 3.05) is 5.32 Å². The molecule has 132 valence electrons. The third-order valence-electron chi connectivity index (χ3n) is 3.72. The summed E-state index contributed by atoms with van der Waals surface area (Å²) < 4.78 is 32.3. The molecule has 7 heteroatoms. The molecule has 0 radical (unpaired) electrons. The van der Waals surface area contributed by atoms with Crippen LogP contribution in [-0.2, 0) is 9.53 Å². The lowest BCUT2D eigenvalue weighted by Gasteiger charge is -2.14. The van der Waals surface area contributed by atoms with E-state index in [0.717, 1.165) is 17.5 Å². The van der Waals surface area contributed by atoms with Crippen LogP contribution >= 0.6 is 0 Å². The fourth-order valence-electron chi connectivity index (χ4n) is 2.39. The number of aromatic nitrogens is 1. The largest absolute Gasteiger partial charge is 0.449 e. The molecule has 0 unspecified atom stereocenters. The highest BCUT2D eigenvalue weighted by Gasteiger charge is 2.22. The number of pyridine rings is 1. The quantitative estimate of drug-likeness (QED) is 0.724. The number of hydrogen-bond acceptors (Lipinski definition) is 4. The molecule has 0 bridgehead atoms. The van der Waals surface area contributed by atoms with Gasteiger partial charge in [0.15, 0.2) is 6.10 Å². The van der Waals surface area contributed by atoms with Crippen LogP contribution in [0.5, 0.6) is 0 Å². The van der Waals surface area contributed by atoms with Gasteiger partial charge in [-0.15, -0.1) is 0 Å². The first-order valence-corrected chi connectivity index (χ1v) is 7.77. The summed E-state index contributed by atoms with van der Waals surface area (Å²) in [5.74, 6) is -3.45. The molecule has 1 heterocycles. The minimum Gasteiger partial charge on any atom is -0.449 e. The molecular weight excluding hydrogens is 342 g/mol. The second-order valence-electron chi connectivity index (χ2n) is 5.51. The third kappa shape index (κ3) is 3.51. The monoisotopic (exact) mass is 356 g/mol. The van der Waals surface area contributed by atoms with E-state index in [0.29, 0.717) is 5.52 Å². The molecule has 5 nitrogen and oxygen atoms in total. The molecule has 3 aromatic rings. The van der Waals surface area contributed by atoms with Crippen molar-refractivity contribution in [3.8, 4) is 0 Å². The van der Waals surface area contributed by atoms with Gasteiger partial charge in [-0.05, 0) is 31.2 Å². The van der Waals surface area contributed by atoms with E-state index < -0.39 is 35.3 Å². The lowest BCUT2D eigenvalue weighted by Crippen LogP contribution is -2.30. The van der Waals surface area contributed by atoms with Gasteiger partial charge in [0.25, 0.3) is 5.91 Å². The molecule has 0 aliphatic heterocycles. The van der Waals surface area contributed by atoms with Crippen LogP contribution in [0.25, 0.3) is 10.9 Å². The normalized spacial score (nSPS) is 11.8. The standard InChI is InChI=1S/C19H14F2N2O3/c1-11(18(24)23-17-14(20)8-3-9-15(17)21)26-19(25)13-7-2-5-12-6-4-10-22-16(12)13/h2-11H,1H3,(H,23,24)/t11-/m1/s1. The number of anilines is 1. The summed E-state index contributed by atoms with van der Waals surface area (Å²) in [5, 5.41) is 2.83. The number of benzene rings is 2. The summed E-state index contributed by atoms with van der Waals surface area (Å²) in [7, 11) is 0. The zero-order valence-electron chi connectivity index (χ0n) is 13.7. The predicted octanol–water partition coefficient (Wildman–Crippen LogP) is 3.70.